The van der Waals surface area contributed by atoms with Crippen LogP contribution in [0, 0.1) is 13.8 Å². The van der Waals surface area contributed by atoms with Crippen LogP contribution in [0.15, 0.2) is 66.8 Å². The van der Waals surface area contributed by atoms with E-state index in [1.165, 1.54) is 11.8 Å². The Balaban J connectivity index is 1.93. The van der Waals surface area contributed by atoms with Crippen molar-refractivity contribution in [3.8, 4) is 5.75 Å². The van der Waals surface area contributed by atoms with Crippen LogP contribution in [0.1, 0.15) is 45.0 Å². The zero-order valence-corrected chi connectivity index (χ0v) is 20.4. The van der Waals surface area contributed by atoms with Crippen LogP contribution in [-0.2, 0) is 9.59 Å². The first-order valence-electron chi connectivity index (χ1n) is 10.9. The largest absolute Gasteiger partial charge is 0.507 e. The van der Waals surface area contributed by atoms with E-state index in [1.54, 1.807) is 49.4 Å². The van der Waals surface area contributed by atoms with Crippen molar-refractivity contribution >= 4 is 39.7 Å². The van der Waals surface area contributed by atoms with Crippen molar-refractivity contribution in [1.29, 1.82) is 0 Å². The molecule has 1 fully saturated rings. The van der Waals surface area contributed by atoms with Gasteiger partial charge in [-0.3, -0.25) is 19.3 Å². The number of ketones is 2. The fourth-order valence-electron chi connectivity index (χ4n) is 3.95. The number of thiazole rings is 1. The van der Waals surface area contributed by atoms with Crippen molar-refractivity contribution in [2.75, 3.05) is 11.5 Å². The molecule has 35 heavy (non-hydrogen) atoms. The third kappa shape index (κ3) is 4.52. The van der Waals surface area contributed by atoms with Crippen LogP contribution < -0.4 is 9.64 Å². The van der Waals surface area contributed by atoms with Crippen molar-refractivity contribution < 1.29 is 24.2 Å². The van der Waals surface area contributed by atoms with Crippen molar-refractivity contribution in [1.82, 2.24) is 4.98 Å². The summed E-state index contributed by atoms with van der Waals surface area (Å²) in [7, 11) is 0. The minimum atomic E-state index is -0.964. The maximum atomic E-state index is 13.3. The summed E-state index contributed by atoms with van der Waals surface area (Å²) in [6, 6.07) is 13.0. The van der Waals surface area contributed by atoms with Gasteiger partial charge < -0.3 is 9.84 Å². The number of hydrogen-bond acceptors (Lipinski definition) is 7. The lowest BCUT2D eigenvalue weighted by molar-refractivity contribution is -0.132. The molecule has 0 radical (unpaired) electrons. The quantitative estimate of drug-likeness (QED) is 0.162. The second-order valence-electron chi connectivity index (χ2n) is 8.17. The topological polar surface area (TPSA) is 96.8 Å². The molecule has 2 heterocycles. The van der Waals surface area contributed by atoms with E-state index >= 15 is 0 Å². The lowest BCUT2D eigenvalue weighted by Crippen LogP contribution is -2.29. The van der Waals surface area contributed by atoms with Crippen LogP contribution in [0.2, 0.25) is 0 Å². The van der Waals surface area contributed by atoms with Crippen LogP contribution >= 0.6 is 11.3 Å². The lowest BCUT2D eigenvalue weighted by atomic mass is 9.95. The Labute approximate surface area is 207 Å². The van der Waals surface area contributed by atoms with E-state index in [4.69, 9.17) is 4.74 Å². The molecule has 1 unspecified atom stereocenters. The van der Waals surface area contributed by atoms with Gasteiger partial charge in [0, 0.05) is 12.5 Å². The number of ether oxygens (including phenoxy) is 1. The summed E-state index contributed by atoms with van der Waals surface area (Å²) in [6.07, 6.45) is 1.61. The van der Waals surface area contributed by atoms with Gasteiger partial charge in [-0.1, -0.05) is 66.0 Å². The van der Waals surface area contributed by atoms with E-state index in [9.17, 15) is 19.5 Å². The molecule has 2 aromatic carbocycles. The molecule has 0 spiro atoms. The molecule has 1 aromatic heterocycles. The highest BCUT2D eigenvalue weighted by Crippen LogP contribution is 2.44. The predicted octanol–water partition coefficient (Wildman–Crippen LogP) is 5.15. The van der Waals surface area contributed by atoms with Crippen LogP contribution in [0.3, 0.4) is 0 Å². The van der Waals surface area contributed by atoms with Gasteiger partial charge in [0.05, 0.1) is 22.2 Å². The second-order valence-corrected chi connectivity index (χ2v) is 9.15. The van der Waals surface area contributed by atoms with Crippen molar-refractivity contribution in [2.24, 2.45) is 0 Å². The van der Waals surface area contributed by atoms with Crippen LogP contribution in [0.5, 0.6) is 5.75 Å². The van der Waals surface area contributed by atoms with E-state index < -0.39 is 17.7 Å². The molecule has 1 saturated heterocycles. The number of nitrogens with zero attached hydrogens (tertiary/aromatic N) is 2. The molecule has 178 valence electrons. The summed E-state index contributed by atoms with van der Waals surface area (Å²) in [4.78, 5) is 44.7. The van der Waals surface area contributed by atoms with E-state index in [1.807, 2.05) is 19.1 Å². The van der Waals surface area contributed by atoms with Crippen molar-refractivity contribution in [3.05, 3.63) is 94.0 Å². The normalized spacial score (nSPS) is 17.0. The molecule has 1 amide bonds. The summed E-state index contributed by atoms with van der Waals surface area (Å²) >= 11 is 1.04. The Morgan fingerprint density at radius 3 is 2.54 bits per heavy atom. The minimum Gasteiger partial charge on any atom is -0.507 e. The number of hydrogen-bond donors (Lipinski definition) is 1. The third-order valence-electron chi connectivity index (χ3n) is 5.62. The van der Waals surface area contributed by atoms with E-state index in [2.05, 4.69) is 11.6 Å². The van der Waals surface area contributed by atoms with Crippen LogP contribution in [0.4, 0.5) is 5.13 Å². The molecule has 4 rings (SSSR count). The molecule has 7 nitrogen and oxygen atoms in total. The smallest absolute Gasteiger partial charge is 0.301 e. The number of anilines is 1. The Morgan fingerprint density at radius 1 is 1.20 bits per heavy atom. The summed E-state index contributed by atoms with van der Waals surface area (Å²) in [5.41, 5.74) is 2.37. The monoisotopic (exact) mass is 488 g/mol. The first kappa shape index (κ1) is 24.1. The number of benzene rings is 2. The zero-order valence-electron chi connectivity index (χ0n) is 19.6. The molecule has 0 aliphatic carbocycles. The van der Waals surface area contributed by atoms with Gasteiger partial charge in [0.15, 0.2) is 10.9 Å². The van der Waals surface area contributed by atoms with Gasteiger partial charge in [-0.15, -0.1) is 0 Å². The molecule has 3 aromatic rings. The van der Waals surface area contributed by atoms with Gasteiger partial charge in [0.1, 0.15) is 18.1 Å². The molecule has 0 bridgehead atoms. The van der Waals surface area contributed by atoms with Crippen LogP contribution in [0.25, 0.3) is 5.76 Å². The van der Waals surface area contributed by atoms with Gasteiger partial charge in [-0.2, -0.15) is 0 Å². The summed E-state index contributed by atoms with van der Waals surface area (Å²) in [6.45, 7) is 8.94. The maximum absolute atomic E-state index is 13.3. The average molecular weight is 489 g/mol. The van der Waals surface area contributed by atoms with Crippen molar-refractivity contribution in [3.63, 3.8) is 0 Å². The maximum Gasteiger partial charge on any atom is 0.301 e. The Kier molecular flexibility index (Phi) is 6.66. The standard InChI is InChI=1S/C27H24N2O5S/c1-5-13-34-20-8-6-7-19(14-20)22-21(23(31)18-11-9-15(2)10-12-18)24(32)26(33)29(22)27-28-16(3)25(35-27)17(4)30/h5-12,14,22,31H,1,13H2,2-4H3/b23-21+. The predicted molar refractivity (Wildman–Crippen MR) is 135 cm³/mol. The van der Waals surface area contributed by atoms with E-state index in [-0.39, 0.29) is 28.9 Å². The summed E-state index contributed by atoms with van der Waals surface area (Å²) < 4.78 is 5.66. The fourth-order valence-corrected chi connectivity index (χ4v) is 4.94. The molecular weight excluding hydrogens is 464 g/mol. The average Bonchev–Trinajstić information content (AvgIpc) is 3.35. The number of rotatable bonds is 7. The zero-order chi connectivity index (χ0) is 25.3. The summed E-state index contributed by atoms with van der Waals surface area (Å²) in [5, 5.41) is 11.4. The Hall–Kier alpha value is -4.04. The molecular formula is C27H24N2O5S. The highest BCUT2D eigenvalue weighted by Gasteiger charge is 2.48. The Bertz CT molecular complexity index is 1370. The number of carbonyl (C=O) groups excluding carboxylic acids is 3. The number of Topliss-reactive ketones (excluding diaryl/α,β-unsaturated/α-hetero) is 2. The molecule has 8 heteroatoms. The van der Waals surface area contributed by atoms with E-state index in [0.29, 0.717) is 27.4 Å². The first-order valence-corrected chi connectivity index (χ1v) is 11.7. The van der Waals surface area contributed by atoms with Gasteiger partial charge in [-0.05, 0) is 31.5 Å². The number of amides is 1. The first-order chi connectivity index (χ1) is 16.7. The molecule has 1 atom stereocenters. The number of carbonyl (C=O) groups is 3. The van der Waals surface area contributed by atoms with Gasteiger partial charge in [0.2, 0.25) is 0 Å². The van der Waals surface area contributed by atoms with Gasteiger partial charge in [0.25, 0.3) is 5.78 Å². The highest BCUT2D eigenvalue weighted by atomic mass is 32.1. The highest BCUT2D eigenvalue weighted by molar-refractivity contribution is 7.18. The minimum absolute atomic E-state index is 0.0584. The second kappa shape index (κ2) is 9.68. The molecule has 1 N–H and O–H groups in total. The van der Waals surface area contributed by atoms with Crippen LogP contribution in [-0.4, -0.2) is 34.2 Å². The van der Waals surface area contributed by atoms with Gasteiger partial charge >= 0.3 is 5.91 Å². The molecule has 1 aliphatic rings. The number of aliphatic hydroxyl groups is 1. The van der Waals surface area contributed by atoms with E-state index in [0.717, 1.165) is 16.9 Å². The molecule has 1 aliphatic heterocycles. The third-order valence-corrected chi connectivity index (χ3v) is 6.88. The SMILES string of the molecule is C=CCOc1cccc(C2/C(=C(\O)c3ccc(C)cc3)C(=O)C(=O)N2c2nc(C)c(C(C)=O)s2)c1. The lowest BCUT2D eigenvalue weighted by Gasteiger charge is -2.23. The van der Waals surface area contributed by atoms with Crippen molar-refractivity contribution in [2.45, 2.75) is 26.8 Å². The molecule has 0 saturated carbocycles. The number of aromatic nitrogens is 1. The fraction of sp³-hybridized carbons (Fsp3) is 0.185. The summed E-state index contributed by atoms with van der Waals surface area (Å²) in [5.74, 6) is -1.61. The number of aryl methyl sites for hydroxylation is 2. The number of aliphatic hydroxyl groups excluding tert-OH is 1. The van der Waals surface area contributed by atoms with Gasteiger partial charge in [-0.25, -0.2) is 4.98 Å². The Morgan fingerprint density at radius 2 is 1.91 bits per heavy atom.